The average molecular weight is 729 g/mol. The summed E-state index contributed by atoms with van der Waals surface area (Å²) < 4.78 is 2.74. The van der Waals surface area contributed by atoms with Crippen LogP contribution in [0.3, 0.4) is 0 Å². The molecule has 0 fully saturated rings. The Labute approximate surface area is 329 Å². The van der Waals surface area contributed by atoms with E-state index < -0.39 is 0 Å². The van der Waals surface area contributed by atoms with Gasteiger partial charge in [0.05, 0.1) is 0 Å². The van der Waals surface area contributed by atoms with Crippen molar-refractivity contribution in [3.63, 3.8) is 0 Å². The third-order valence-corrected chi connectivity index (χ3v) is 13.8. The van der Waals surface area contributed by atoms with Gasteiger partial charge in [-0.25, -0.2) is 0 Å². The fraction of sp³-hybridized carbons (Fsp3) is 0.0545. The molecule has 56 heavy (non-hydrogen) atoms. The first kappa shape index (κ1) is 31.8. The summed E-state index contributed by atoms with van der Waals surface area (Å²) in [6, 6.07) is 68.2. The fourth-order valence-electron chi connectivity index (χ4n) is 10.1. The van der Waals surface area contributed by atoms with Crippen LogP contribution in [-0.2, 0) is 5.41 Å². The number of benzene rings is 10. The normalized spacial score (nSPS) is 13.3. The minimum Gasteiger partial charge on any atom is -0.135 e. The molecule has 1 aromatic heterocycles. The highest BCUT2D eigenvalue weighted by Crippen LogP contribution is 2.54. The second-order valence-electron chi connectivity index (χ2n) is 16.0. The van der Waals surface area contributed by atoms with E-state index >= 15 is 0 Å². The minimum atomic E-state index is -0.126. The molecule has 10 aromatic carbocycles. The molecule has 0 saturated carbocycles. The van der Waals surface area contributed by atoms with Gasteiger partial charge in [-0.3, -0.25) is 0 Å². The van der Waals surface area contributed by atoms with Crippen molar-refractivity contribution in [2.24, 2.45) is 0 Å². The lowest BCUT2D eigenvalue weighted by Gasteiger charge is -2.23. The summed E-state index contributed by atoms with van der Waals surface area (Å²) in [7, 11) is 0. The summed E-state index contributed by atoms with van der Waals surface area (Å²) in [6.07, 6.45) is 0. The molecule has 1 aliphatic rings. The second kappa shape index (κ2) is 11.7. The molecule has 0 saturated heterocycles. The van der Waals surface area contributed by atoms with E-state index in [9.17, 15) is 0 Å². The summed E-state index contributed by atoms with van der Waals surface area (Å²) >= 11 is 1.92. The Morgan fingerprint density at radius 3 is 1.57 bits per heavy atom. The van der Waals surface area contributed by atoms with Crippen molar-refractivity contribution in [3.05, 3.63) is 193 Å². The molecule has 11 aromatic rings. The van der Waals surface area contributed by atoms with Crippen molar-refractivity contribution in [2.45, 2.75) is 19.3 Å². The minimum absolute atomic E-state index is 0.126. The molecule has 0 radical (unpaired) electrons. The van der Waals surface area contributed by atoms with Crippen LogP contribution in [-0.4, -0.2) is 0 Å². The standard InChI is InChI=1S/C55H36S/c1-55(2)49-29-24-38(32-48(49)45-26-28-47-44(53(45)55)25-27-46-39-14-10-11-19-50(39)56-54(46)47)52-42-17-8-6-15-40(42)51(41-16-7-9-18-43(41)52)37-23-22-35-30-34(20-21-36(35)31-37)33-12-4-3-5-13-33/h3-32H,1-2H3. The van der Waals surface area contributed by atoms with Crippen molar-refractivity contribution < 1.29 is 0 Å². The molecular weight excluding hydrogens is 693 g/mol. The first-order valence-electron chi connectivity index (χ1n) is 19.6. The molecule has 1 heteroatoms. The maximum Gasteiger partial charge on any atom is 0.0433 e. The smallest absolute Gasteiger partial charge is 0.0433 e. The van der Waals surface area contributed by atoms with Gasteiger partial charge in [-0.2, -0.15) is 0 Å². The largest absolute Gasteiger partial charge is 0.135 e. The predicted octanol–water partition coefficient (Wildman–Crippen LogP) is 16.0. The Morgan fingerprint density at radius 2 is 0.875 bits per heavy atom. The van der Waals surface area contributed by atoms with Crippen molar-refractivity contribution in [1.29, 1.82) is 0 Å². The summed E-state index contributed by atoms with van der Waals surface area (Å²) in [5, 5.41) is 13.1. The molecule has 0 nitrogen and oxygen atoms in total. The van der Waals surface area contributed by atoms with Crippen molar-refractivity contribution in [2.75, 3.05) is 0 Å². The molecule has 1 heterocycles. The Morgan fingerprint density at radius 1 is 0.357 bits per heavy atom. The highest BCUT2D eigenvalue weighted by Gasteiger charge is 2.37. The zero-order valence-electron chi connectivity index (χ0n) is 31.2. The van der Waals surface area contributed by atoms with Gasteiger partial charge >= 0.3 is 0 Å². The predicted molar refractivity (Wildman–Crippen MR) is 243 cm³/mol. The quantitative estimate of drug-likeness (QED) is 0.159. The summed E-state index contributed by atoms with van der Waals surface area (Å²) in [5.74, 6) is 0. The van der Waals surface area contributed by atoms with Gasteiger partial charge in [-0.05, 0) is 123 Å². The van der Waals surface area contributed by atoms with Gasteiger partial charge in [0.2, 0.25) is 0 Å². The highest BCUT2D eigenvalue weighted by atomic mass is 32.1. The Balaban J connectivity index is 1.05. The molecule has 262 valence electrons. The van der Waals surface area contributed by atoms with E-state index in [1.165, 1.54) is 119 Å². The van der Waals surface area contributed by atoms with Gasteiger partial charge < -0.3 is 0 Å². The molecule has 0 atom stereocenters. The highest BCUT2D eigenvalue weighted by molar-refractivity contribution is 7.26. The second-order valence-corrected chi connectivity index (χ2v) is 17.0. The Hall–Kier alpha value is -6.54. The van der Waals surface area contributed by atoms with Crippen LogP contribution in [0.25, 0.3) is 108 Å². The van der Waals surface area contributed by atoms with Crippen LogP contribution in [0.4, 0.5) is 0 Å². The topological polar surface area (TPSA) is 0 Å². The van der Waals surface area contributed by atoms with E-state index in [-0.39, 0.29) is 5.41 Å². The number of hydrogen-bond acceptors (Lipinski definition) is 1. The van der Waals surface area contributed by atoms with E-state index in [4.69, 9.17) is 0 Å². The summed E-state index contributed by atoms with van der Waals surface area (Å²) in [5.41, 5.74) is 13.0. The van der Waals surface area contributed by atoms with Crippen molar-refractivity contribution in [1.82, 2.24) is 0 Å². The van der Waals surface area contributed by atoms with Gasteiger partial charge in [0.15, 0.2) is 0 Å². The number of fused-ring (bicyclic) bond motifs is 12. The van der Waals surface area contributed by atoms with E-state index in [0.29, 0.717) is 0 Å². The third kappa shape index (κ3) is 4.47. The maximum atomic E-state index is 2.49. The first-order chi connectivity index (χ1) is 27.5. The van der Waals surface area contributed by atoms with Crippen LogP contribution in [0, 0.1) is 0 Å². The van der Waals surface area contributed by atoms with Gasteiger partial charge in [0, 0.05) is 25.6 Å². The molecule has 0 amide bonds. The van der Waals surface area contributed by atoms with Crippen LogP contribution in [0.5, 0.6) is 0 Å². The van der Waals surface area contributed by atoms with Crippen LogP contribution in [0.1, 0.15) is 25.0 Å². The van der Waals surface area contributed by atoms with Crippen LogP contribution in [0.2, 0.25) is 0 Å². The molecule has 1 aliphatic carbocycles. The van der Waals surface area contributed by atoms with Gasteiger partial charge in [0.1, 0.15) is 0 Å². The third-order valence-electron chi connectivity index (χ3n) is 12.6. The van der Waals surface area contributed by atoms with Crippen molar-refractivity contribution in [3.8, 4) is 44.5 Å². The van der Waals surface area contributed by atoms with E-state index in [1.54, 1.807) is 0 Å². The Bertz CT molecular complexity index is 3380. The summed E-state index contributed by atoms with van der Waals surface area (Å²) in [6.45, 7) is 4.83. The van der Waals surface area contributed by atoms with E-state index in [2.05, 4.69) is 196 Å². The monoisotopic (exact) mass is 728 g/mol. The van der Waals surface area contributed by atoms with Gasteiger partial charge in [-0.15, -0.1) is 11.3 Å². The zero-order valence-corrected chi connectivity index (χ0v) is 32.0. The molecule has 12 rings (SSSR count). The van der Waals surface area contributed by atoms with Crippen LogP contribution < -0.4 is 0 Å². The van der Waals surface area contributed by atoms with Crippen molar-refractivity contribution >= 4 is 74.6 Å². The summed E-state index contributed by atoms with van der Waals surface area (Å²) in [4.78, 5) is 0. The average Bonchev–Trinajstić information content (AvgIpc) is 3.74. The van der Waals surface area contributed by atoms with Gasteiger partial charge in [0.25, 0.3) is 0 Å². The lowest BCUT2D eigenvalue weighted by molar-refractivity contribution is 0.666. The molecule has 0 spiro atoms. The zero-order chi connectivity index (χ0) is 37.1. The lowest BCUT2D eigenvalue weighted by Crippen LogP contribution is -2.15. The lowest BCUT2D eigenvalue weighted by atomic mass is 9.79. The molecular formula is C55H36S. The number of rotatable bonds is 3. The van der Waals surface area contributed by atoms with Gasteiger partial charge in [-0.1, -0.05) is 172 Å². The molecule has 0 bridgehead atoms. The van der Waals surface area contributed by atoms with E-state index in [0.717, 1.165) is 0 Å². The maximum absolute atomic E-state index is 2.49. The number of thiophene rings is 1. The Kier molecular flexibility index (Phi) is 6.66. The van der Waals surface area contributed by atoms with Crippen LogP contribution in [0.15, 0.2) is 182 Å². The molecule has 0 N–H and O–H groups in total. The SMILES string of the molecule is CC1(C)c2ccc(-c3c4ccccc4c(-c4ccc5cc(-c6ccccc6)ccc5c4)c4ccccc34)cc2-c2ccc3c(ccc4c5ccccc5sc34)c21. The van der Waals surface area contributed by atoms with E-state index in [1.807, 2.05) is 11.3 Å². The first-order valence-corrected chi connectivity index (χ1v) is 20.4. The fourth-order valence-corrected chi connectivity index (χ4v) is 11.3. The molecule has 0 unspecified atom stereocenters. The van der Waals surface area contributed by atoms with Crippen LogP contribution >= 0.6 is 11.3 Å². The number of hydrogen-bond donors (Lipinski definition) is 0. The molecule has 0 aliphatic heterocycles.